The number of nitrogens with one attached hydrogen (secondary N) is 1. The van der Waals surface area contributed by atoms with Crippen LogP contribution in [0, 0.1) is 0 Å². The van der Waals surface area contributed by atoms with E-state index in [0.29, 0.717) is 24.5 Å². The molecule has 0 aromatic heterocycles. The number of nitrogens with zero attached hydrogens (tertiary/aromatic N) is 1. The van der Waals surface area contributed by atoms with E-state index in [-0.39, 0.29) is 10.5 Å². The molecule has 2 aromatic carbocycles. The molecule has 0 radical (unpaired) electrons. The lowest BCUT2D eigenvalue weighted by atomic mass is 10.2. The van der Waals surface area contributed by atoms with E-state index in [1.165, 1.54) is 42.6 Å². The van der Waals surface area contributed by atoms with Crippen molar-refractivity contribution in [3.05, 3.63) is 54.1 Å². The summed E-state index contributed by atoms with van der Waals surface area (Å²) >= 11 is 0. The van der Waals surface area contributed by atoms with Gasteiger partial charge in [0.05, 0.1) is 23.3 Å². The Balaban J connectivity index is 1.63. The number of carbonyl (C=O) groups is 2. The number of methoxy groups -OCH3 is 1. The maximum absolute atomic E-state index is 12.7. The minimum absolute atomic E-state index is 0.132. The second-order valence-electron chi connectivity index (χ2n) is 7.23. The fourth-order valence-electron chi connectivity index (χ4n) is 3.28. The summed E-state index contributed by atoms with van der Waals surface area (Å²) in [5.41, 5.74) is 0.625. The third kappa shape index (κ3) is 5.42. The van der Waals surface area contributed by atoms with E-state index in [1.807, 2.05) is 0 Å². The number of para-hydroxylation sites is 2. The number of ether oxygens (including phenoxy) is 2. The molecule has 1 heterocycles. The van der Waals surface area contributed by atoms with Gasteiger partial charge in [-0.2, -0.15) is 4.31 Å². The topological polar surface area (TPSA) is 102 Å². The first kappa shape index (κ1) is 22.8. The fraction of sp³-hybridized carbons (Fsp3) is 0.364. The first-order valence-electron chi connectivity index (χ1n) is 10.1. The van der Waals surface area contributed by atoms with Crippen LogP contribution in [0.15, 0.2) is 53.4 Å². The highest BCUT2D eigenvalue weighted by atomic mass is 32.2. The zero-order chi connectivity index (χ0) is 22.4. The van der Waals surface area contributed by atoms with E-state index < -0.39 is 28.0 Å². The smallest absolute Gasteiger partial charge is 0.338 e. The van der Waals surface area contributed by atoms with Crippen molar-refractivity contribution >= 4 is 27.6 Å². The summed E-state index contributed by atoms with van der Waals surface area (Å²) < 4.78 is 37.3. The van der Waals surface area contributed by atoms with Crippen LogP contribution in [0.1, 0.15) is 36.5 Å². The largest absolute Gasteiger partial charge is 0.495 e. The van der Waals surface area contributed by atoms with Crippen LogP contribution in [0.3, 0.4) is 0 Å². The van der Waals surface area contributed by atoms with Crippen LogP contribution in [0.25, 0.3) is 0 Å². The molecule has 1 N–H and O–H groups in total. The molecule has 2 aromatic rings. The van der Waals surface area contributed by atoms with Crippen LogP contribution in [0.5, 0.6) is 5.75 Å². The average Bonchev–Trinajstić information content (AvgIpc) is 2.80. The number of hydrogen-bond donors (Lipinski definition) is 1. The zero-order valence-electron chi connectivity index (χ0n) is 17.5. The number of esters is 1. The summed E-state index contributed by atoms with van der Waals surface area (Å²) in [6.45, 7) is 2.47. The van der Waals surface area contributed by atoms with E-state index in [0.717, 1.165) is 19.3 Å². The molecule has 1 fully saturated rings. The Morgan fingerprint density at radius 3 is 2.29 bits per heavy atom. The van der Waals surface area contributed by atoms with Crippen LogP contribution < -0.4 is 10.1 Å². The van der Waals surface area contributed by atoms with Gasteiger partial charge in [0.15, 0.2) is 6.10 Å². The molecule has 166 valence electrons. The van der Waals surface area contributed by atoms with Gasteiger partial charge in [-0.25, -0.2) is 13.2 Å². The Hall–Kier alpha value is -2.91. The molecule has 0 unspecified atom stereocenters. The van der Waals surface area contributed by atoms with Gasteiger partial charge in [0.25, 0.3) is 5.91 Å². The van der Waals surface area contributed by atoms with Gasteiger partial charge in [-0.05, 0) is 56.2 Å². The highest BCUT2D eigenvalue weighted by Crippen LogP contribution is 2.24. The van der Waals surface area contributed by atoms with Crippen LogP contribution in [-0.4, -0.2) is 50.9 Å². The highest BCUT2D eigenvalue weighted by Gasteiger charge is 2.26. The standard InChI is InChI=1S/C22H26N2O6S/c1-16(21(25)23-19-8-4-5-9-20(19)29-2)30-22(26)17-10-12-18(13-11-17)31(27,28)24-14-6-3-7-15-24/h4-5,8-13,16H,3,6-7,14-15H2,1-2H3,(H,23,25)/t16-/m0/s1. The van der Waals surface area contributed by atoms with Crippen molar-refractivity contribution in [2.45, 2.75) is 37.2 Å². The Labute approximate surface area is 182 Å². The van der Waals surface area contributed by atoms with Crippen molar-refractivity contribution in [2.24, 2.45) is 0 Å². The monoisotopic (exact) mass is 446 g/mol. The molecule has 0 saturated carbocycles. The van der Waals surface area contributed by atoms with Crippen LogP contribution in [-0.2, 0) is 19.6 Å². The molecular weight excluding hydrogens is 420 g/mol. The zero-order valence-corrected chi connectivity index (χ0v) is 18.4. The van der Waals surface area contributed by atoms with Gasteiger partial charge < -0.3 is 14.8 Å². The van der Waals surface area contributed by atoms with Crippen molar-refractivity contribution in [2.75, 3.05) is 25.5 Å². The van der Waals surface area contributed by atoms with E-state index in [2.05, 4.69) is 5.32 Å². The quantitative estimate of drug-likeness (QED) is 0.656. The molecule has 8 nitrogen and oxygen atoms in total. The van der Waals surface area contributed by atoms with Gasteiger partial charge >= 0.3 is 5.97 Å². The Morgan fingerprint density at radius 1 is 1.00 bits per heavy atom. The fourth-order valence-corrected chi connectivity index (χ4v) is 4.80. The summed E-state index contributed by atoms with van der Waals surface area (Å²) in [4.78, 5) is 24.9. The Bertz CT molecular complexity index is 1030. The summed E-state index contributed by atoms with van der Waals surface area (Å²) in [5.74, 6) is -0.744. The van der Waals surface area contributed by atoms with Gasteiger partial charge in [0, 0.05) is 13.1 Å². The second kappa shape index (κ2) is 9.93. The lowest BCUT2D eigenvalue weighted by Crippen LogP contribution is -2.35. The summed E-state index contributed by atoms with van der Waals surface area (Å²) in [6, 6.07) is 12.5. The minimum atomic E-state index is -3.58. The van der Waals surface area contributed by atoms with Crippen LogP contribution in [0.4, 0.5) is 5.69 Å². The van der Waals surface area contributed by atoms with Crippen molar-refractivity contribution < 1.29 is 27.5 Å². The summed E-state index contributed by atoms with van der Waals surface area (Å²) in [5, 5.41) is 2.66. The number of sulfonamides is 1. The van der Waals surface area contributed by atoms with Crippen molar-refractivity contribution in [3.8, 4) is 5.75 Å². The number of piperidine rings is 1. The molecule has 0 aliphatic carbocycles. The molecular formula is C22H26N2O6S. The van der Waals surface area contributed by atoms with Crippen molar-refractivity contribution in [3.63, 3.8) is 0 Å². The molecule has 9 heteroatoms. The second-order valence-corrected chi connectivity index (χ2v) is 9.16. The third-order valence-corrected chi connectivity index (χ3v) is 6.97. The number of carbonyl (C=O) groups excluding carboxylic acids is 2. The molecule has 1 saturated heterocycles. The lowest BCUT2D eigenvalue weighted by molar-refractivity contribution is -0.123. The molecule has 0 spiro atoms. The average molecular weight is 447 g/mol. The summed E-state index contributed by atoms with van der Waals surface area (Å²) in [7, 11) is -2.09. The van der Waals surface area contributed by atoms with Gasteiger partial charge in [-0.3, -0.25) is 4.79 Å². The van der Waals surface area contributed by atoms with E-state index in [9.17, 15) is 18.0 Å². The first-order chi connectivity index (χ1) is 14.8. The molecule has 1 amide bonds. The SMILES string of the molecule is COc1ccccc1NC(=O)[C@H](C)OC(=O)c1ccc(S(=O)(=O)N2CCCCC2)cc1. The molecule has 1 atom stereocenters. The molecule has 1 aliphatic rings. The van der Waals surface area contributed by atoms with Gasteiger partial charge in [-0.1, -0.05) is 18.6 Å². The van der Waals surface area contributed by atoms with Crippen molar-refractivity contribution in [1.82, 2.24) is 4.31 Å². The number of hydrogen-bond acceptors (Lipinski definition) is 6. The normalized spacial score (nSPS) is 15.7. The number of rotatable bonds is 7. The number of benzene rings is 2. The molecule has 31 heavy (non-hydrogen) atoms. The van der Waals surface area contributed by atoms with Gasteiger partial charge in [-0.15, -0.1) is 0 Å². The third-order valence-electron chi connectivity index (χ3n) is 5.06. The maximum Gasteiger partial charge on any atom is 0.338 e. The van der Waals surface area contributed by atoms with Gasteiger partial charge in [0.1, 0.15) is 5.75 Å². The molecule has 0 bridgehead atoms. The Morgan fingerprint density at radius 2 is 1.65 bits per heavy atom. The molecule has 3 rings (SSSR count). The van der Waals surface area contributed by atoms with Gasteiger partial charge in [0.2, 0.25) is 10.0 Å². The maximum atomic E-state index is 12.7. The minimum Gasteiger partial charge on any atom is -0.495 e. The predicted molar refractivity (Wildman–Crippen MR) is 116 cm³/mol. The first-order valence-corrected chi connectivity index (χ1v) is 11.5. The lowest BCUT2D eigenvalue weighted by Gasteiger charge is -2.25. The van der Waals surface area contributed by atoms with Crippen LogP contribution in [0.2, 0.25) is 0 Å². The van der Waals surface area contributed by atoms with Crippen molar-refractivity contribution in [1.29, 1.82) is 0 Å². The van der Waals surface area contributed by atoms with Crippen LogP contribution >= 0.6 is 0 Å². The van der Waals surface area contributed by atoms with E-state index in [1.54, 1.807) is 24.3 Å². The van der Waals surface area contributed by atoms with E-state index >= 15 is 0 Å². The highest BCUT2D eigenvalue weighted by molar-refractivity contribution is 7.89. The number of amides is 1. The Kier molecular flexibility index (Phi) is 7.29. The summed E-state index contributed by atoms with van der Waals surface area (Å²) in [6.07, 6.45) is 1.66. The predicted octanol–water partition coefficient (Wildman–Crippen LogP) is 3.05. The molecule has 1 aliphatic heterocycles. The number of anilines is 1. The van der Waals surface area contributed by atoms with E-state index in [4.69, 9.17) is 9.47 Å².